The number of thiazole rings is 1. The molecule has 0 fully saturated rings. The van der Waals surface area contributed by atoms with E-state index in [-0.39, 0.29) is 16.7 Å². The van der Waals surface area contributed by atoms with E-state index >= 15 is 0 Å². The number of rotatable bonds is 4. The van der Waals surface area contributed by atoms with E-state index in [0.717, 1.165) is 4.21 Å². The van der Waals surface area contributed by atoms with Crippen LogP contribution in [0.2, 0.25) is 5.02 Å². The third-order valence-electron chi connectivity index (χ3n) is 2.05. The summed E-state index contributed by atoms with van der Waals surface area (Å²) in [5.41, 5.74) is 5.94. The number of aromatic nitrogens is 1. The van der Waals surface area contributed by atoms with Crippen LogP contribution in [0, 0.1) is 5.82 Å². The Morgan fingerprint density at radius 2 is 2.37 bits per heavy atom. The van der Waals surface area contributed by atoms with Crippen LogP contribution in [0.3, 0.4) is 0 Å². The highest BCUT2D eigenvalue weighted by Gasteiger charge is 2.07. The molecule has 0 unspecified atom stereocenters. The van der Waals surface area contributed by atoms with E-state index in [1.54, 1.807) is 6.20 Å². The molecule has 2 rings (SSSR count). The summed E-state index contributed by atoms with van der Waals surface area (Å²) in [5.74, 6) is -0.509. The molecule has 0 spiro atoms. The van der Waals surface area contributed by atoms with Crippen molar-refractivity contribution in [3.05, 3.63) is 35.2 Å². The second-order valence-electron chi connectivity index (χ2n) is 3.48. The average Bonchev–Trinajstić information content (AvgIpc) is 2.77. The maximum Gasteiger partial charge on any atom is 0.234 e. The van der Waals surface area contributed by atoms with Crippen LogP contribution < -0.4 is 11.1 Å². The minimum atomic E-state index is -0.519. The van der Waals surface area contributed by atoms with E-state index in [1.165, 1.54) is 41.3 Å². The molecule has 0 saturated carbocycles. The van der Waals surface area contributed by atoms with Gasteiger partial charge in [0, 0.05) is 5.69 Å². The zero-order valence-corrected chi connectivity index (χ0v) is 11.9. The van der Waals surface area contributed by atoms with Crippen molar-refractivity contribution in [1.29, 1.82) is 0 Å². The van der Waals surface area contributed by atoms with Crippen molar-refractivity contribution in [2.45, 2.75) is 4.21 Å². The molecule has 2 aromatic rings. The number of nitrogens with two attached hydrogens (primary N) is 1. The smallest absolute Gasteiger partial charge is 0.234 e. The SMILES string of the molecule is Nc1ncc(SCC(=O)Nc2ccc(F)c(Cl)c2)s1. The molecule has 8 heteroatoms. The highest BCUT2D eigenvalue weighted by molar-refractivity contribution is 8.01. The molecule has 4 nitrogen and oxygen atoms in total. The van der Waals surface area contributed by atoms with Gasteiger partial charge in [-0.1, -0.05) is 22.9 Å². The van der Waals surface area contributed by atoms with Crippen molar-refractivity contribution in [3.8, 4) is 0 Å². The summed E-state index contributed by atoms with van der Waals surface area (Å²) in [7, 11) is 0. The molecular weight excluding hydrogens is 309 g/mol. The summed E-state index contributed by atoms with van der Waals surface area (Å²) in [6.07, 6.45) is 1.62. The lowest BCUT2D eigenvalue weighted by atomic mass is 10.3. The van der Waals surface area contributed by atoms with Gasteiger partial charge in [0.25, 0.3) is 0 Å². The highest BCUT2D eigenvalue weighted by Crippen LogP contribution is 2.26. The third kappa shape index (κ3) is 4.09. The number of nitrogens with zero attached hydrogens (tertiary/aromatic N) is 1. The van der Waals surface area contributed by atoms with Gasteiger partial charge < -0.3 is 11.1 Å². The molecule has 1 aromatic carbocycles. The molecule has 0 aliphatic heterocycles. The zero-order chi connectivity index (χ0) is 13.8. The molecule has 0 radical (unpaired) electrons. The first-order chi connectivity index (χ1) is 9.04. The predicted octanol–water partition coefficient (Wildman–Crippen LogP) is 3.25. The Bertz CT molecular complexity index is 605. The first-order valence-electron chi connectivity index (χ1n) is 5.13. The van der Waals surface area contributed by atoms with Gasteiger partial charge in [-0.05, 0) is 18.2 Å². The van der Waals surface area contributed by atoms with Crippen LogP contribution in [0.15, 0.2) is 28.6 Å². The normalized spacial score (nSPS) is 10.4. The van der Waals surface area contributed by atoms with Crippen LogP contribution in [0.4, 0.5) is 15.2 Å². The molecule has 1 heterocycles. The number of nitrogens with one attached hydrogen (secondary N) is 1. The number of nitrogen functional groups attached to an aromatic ring is 1. The highest BCUT2D eigenvalue weighted by atomic mass is 35.5. The molecule has 0 aliphatic carbocycles. The summed E-state index contributed by atoms with van der Waals surface area (Å²) in [6.45, 7) is 0. The molecular formula is C11H9ClFN3OS2. The summed E-state index contributed by atoms with van der Waals surface area (Å²) < 4.78 is 13.8. The van der Waals surface area contributed by atoms with Crippen LogP contribution in [0.1, 0.15) is 0 Å². The number of hydrogen-bond donors (Lipinski definition) is 2. The first-order valence-corrected chi connectivity index (χ1v) is 7.31. The molecule has 1 amide bonds. The Kier molecular flexibility index (Phi) is 4.62. The minimum Gasteiger partial charge on any atom is -0.375 e. The standard InChI is InChI=1S/C11H9ClFN3OS2/c12-7-3-6(1-2-8(7)13)16-9(17)5-18-10-4-15-11(14)19-10/h1-4H,5H2,(H2,14,15)(H,16,17). The Morgan fingerprint density at radius 3 is 3.00 bits per heavy atom. The minimum absolute atomic E-state index is 0.0271. The maximum atomic E-state index is 12.9. The number of halogens is 2. The molecule has 1 aromatic heterocycles. The first kappa shape index (κ1) is 14.1. The molecule has 100 valence electrons. The molecule has 0 bridgehead atoms. The quantitative estimate of drug-likeness (QED) is 0.849. The predicted molar refractivity (Wildman–Crippen MR) is 77.3 cm³/mol. The van der Waals surface area contributed by atoms with E-state index in [0.29, 0.717) is 10.8 Å². The lowest BCUT2D eigenvalue weighted by molar-refractivity contribution is -0.113. The summed E-state index contributed by atoms with van der Waals surface area (Å²) in [6, 6.07) is 4.02. The number of amides is 1. The Morgan fingerprint density at radius 1 is 1.58 bits per heavy atom. The Labute approximate surface area is 122 Å². The van der Waals surface area contributed by atoms with Crippen molar-refractivity contribution in [3.63, 3.8) is 0 Å². The van der Waals surface area contributed by atoms with Gasteiger partial charge in [0.05, 0.1) is 21.2 Å². The van der Waals surface area contributed by atoms with Crippen molar-refractivity contribution in [2.75, 3.05) is 16.8 Å². The van der Waals surface area contributed by atoms with Gasteiger partial charge in [-0.25, -0.2) is 9.37 Å². The van der Waals surface area contributed by atoms with E-state index in [2.05, 4.69) is 10.3 Å². The summed E-state index contributed by atoms with van der Waals surface area (Å²) in [5, 5.41) is 3.07. The van der Waals surface area contributed by atoms with Crippen LogP contribution >= 0.6 is 34.7 Å². The van der Waals surface area contributed by atoms with E-state index in [4.69, 9.17) is 17.3 Å². The number of benzene rings is 1. The third-order valence-corrected chi connectivity index (χ3v) is 4.36. The van der Waals surface area contributed by atoms with Crippen molar-refractivity contribution in [2.24, 2.45) is 0 Å². The van der Waals surface area contributed by atoms with E-state index in [1.807, 2.05) is 0 Å². The van der Waals surface area contributed by atoms with Gasteiger partial charge in [-0.2, -0.15) is 0 Å². The summed E-state index contributed by atoms with van der Waals surface area (Å²) in [4.78, 5) is 15.6. The number of carbonyl (C=O) groups excluding carboxylic acids is 1. The van der Waals surface area contributed by atoms with Crippen molar-refractivity contribution < 1.29 is 9.18 Å². The molecule has 0 saturated heterocycles. The van der Waals surface area contributed by atoms with Gasteiger partial charge >= 0.3 is 0 Å². The molecule has 0 aliphatic rings. The fourth-order valence-corrected chi connectivity index (χ4v) is 2.99. The van der Waals surface area contributed by atoms with Gasteiger partial charge in [0.2, 0.25) is 5.91 Å². The fourth-order valence-electron chi connectivity index (χ4n) is 1.25. The molecule has 3 N–H and O–H groups in total. The molecule has 19 heavy (non-hydrogen) atoms. The largest absolute Gasteiger partial charge is 0.375 e. The number of thioether (sulfide) groups is 1. The Hall–Kier alpha value is -1.31. The number of anilines is 2. The monoisotopic (exact) mass is 317 g/mol. The lowest BCUT2D eigenvalue weighted by Crippen LogP contribution is -2.13. The van der Waals surface area contributed by atoms with Gasteiger partial charge in [-0.3, -0.25) is 4.79 Å². The Balaban J connectivity index is 1.88. The van der Waals surface area contributed by atoms with Gasteiger partial charge in [0.15, 0.2) is 5.13 Å². The van der Waals surface area contributed by atoms with E-state index < -0.39 is 5.82 Å². The number of carbonyl (C=O) groups is 1. The van der Waals surface area contributed by atoms with Gasteiger partial charge in [-0.15, -0.1) is 11.8 Å². The second kappa shape index (κ2) is 6.23. The van der Waals surface area contributed by atoms with Crippen molar-refractivity contribution in [1.82, 2.24) is 4.98 Å². The summed E-state index contributed by atoms with van der Waals surface area (Å²) >= 11 is 8.27. The maximum absolute atomic E-state index is 12.9. The molecule has 0 atom stereocenters. The van der Waals surface area contributed by atoms with Gasteiger partial charge in [0.1, 0.15) is 5.82 Å². The topological polar surface area (TPSA) is 68.0 Å². The fraction of sp³-hybridized carbons (Fsp3) is 0.0909. The average molecular weight is 318 g/mol. The van der Waals surface area contributed by atoms with E-state index in [9.17, 15) is 9.18 Å². The van der Waals surface area contributed by atoms with Crippen LogP contribution in [-0.4, -0.2) is 16.6 Å². The van der Waals surface area contributed by atoms with Crippen molar-refractivity contribution >= 4 is 51.4 Å². The van der Waals surface area contributed by atoms with Crippen LogP contribution in [0.5, 0.6) is 0 Å². The van der Waals surface area contributed by atoms with Crippen LogP contribution in [-0.2, 0) is 4.79 Å². The zero-order valence-electron chi connectivity index (χ0n) is 9.52. The second-order valence-corrected chi connectivity index (χ2v) is 6.23. The lowest BCUT2D eigenvalue weighted by Gasteiger charge is -2.05. The number of hydrogen-bond acceptors (Lipinski definition) is 5. The van der Waals surface area contributed by atoms with Crippen LogP contribution in [0.25, 0.3) is 0 Å².